The Morgan fingerprint density at radius 3 is 2.46 bits per heavy atom. The summed E-state index contributed by atoms with van der Waals surface area (Å²) in [5, 5.41) is 8.07. The second-order valence-corrected chi connectivity index (χ2v) is 2.09. The fraction of sp³-hybridized carbons (Fsp3) is 0.625. The van der Waals surface area contributed by atoms with E-state index in [2.05, 4.69) is 11.3 Å². The standard InChI is InChI=1S/C8H14O5/c1-2-3-11-4-5-12-6-7-13-8(9)10/h2H,1,3-7H2,(H,9,10). The lowest BCUT2D eigenvalue weighted by atomic mass is 10.7. The molecule has 0 unspecified atom stereocenters. The lowest BCUT2D eigenvalue weighted by Crippen LogP contribution is -2.11. The van der Waals surface area contributed by atoms with Crippen LogP contribution in [0.4, 0.5) is 4.79 Å². The molecule has 0 bridgehead atoms. The van der Waals surface area contributed by atoms with E-state index in [0.717, 1.165) is 0 Å². The molecule has 0 radical (unpaired) electrons. The van der Waals surface area contributed by atoms with Gasteiger partial charge in [0.1, 0.15) is 6.61 Å². The summed E-state index contributed by atoms with van der Waals surface area (Å²) in [7, 11) is 0. The predicted octanol–water partition coefficient (Wildman–Crippen LogP) is 0.900. The van der Waals surface area contributed by atoms with Crippen LogP contribution in [0.25, 0.3) is 0 Å². The van der Waals surface area contributed by atoms with Crippen molar-refractivity contribution in [3.63, 3.8) is 0 Å². The molecule has 0 aromatic heterocycles. The second kappa shape index (κ2) is 9.02. The fourth-order valence-electron chi connectivity index (χ4n) is 0.574. The summed E-state index contributed by atoms with van der Waals surface area (Å²) in [6, 6.07) is 0. The third-order valence-corrected chi connectivity index (χ3v) is 1.06. The van der Waals surface area contributed by atoms with Gasteiger partial charge in [0, 0.05) is 0 Å². The van der Waals surface area contributed by atoms with Crippen molar-refractivity contribution in [3.8, 4) is 0 Å². The van der Waals surface area contributed by atoms with Gasteiger partial charge in [-0.05, 0) is 0 Å². The Hall–Kier alpha value is -1.07. The van der Waals surface area contributed by atoms with Crippen molar-refractivity contribution in [2.45, 2.75) is 0 Å². The van der Waals surface area contributed by atoms with Crippen LogP contribution in [0, 0.1) is 0 Å². The normalized spacial score (nSPS) is 9.54. The van der Waals surface area contributed by atoms with Crippen molar-refractivity contribution in [1.82, 2.24) is 0 Å². The number of carboxylic acid groups (broad SMARTS) is 1. The zero-order valence-electron chi connectivity index (χ0n) is 7.40. The number of carbonyl (C=O) groups is 1. The summed E-state index contributed by atoms with van der Waals surface area (Å²) >= 11 is 0. The van der Waals surface area contributed by atoms with Crippen molar-refractivity contribution in [3.05, 3.63) is 12.7 Å². The third-order valence-electron chi connectivity index (χ3n) is 1.06. The number of ether oxygens (including phenoxy) is 3. The van der Waals surface area contributed by atoms with E-state index in [4.69, 9.17) is 14.6 Å². The molecule has 0 rings (SSSR count). The highest BCUT2D eigenvalue weighted by Gasteiger charge is 1.94. The van der Waals surface area contributed by atoms with Crippen LogP contribution in [-0.2, 0) is 14.2 Å². The van der Waals surface area contributed by atoms with Crippen molar-refractivity contribution >= 4 is 6.16 Å². The lowest BCUT2D eigenvalue weighted by Gasteiger charge is -2.03. The van der Waals surface area contributed by atoms with E-state index in [1.165, 1.54) is 0 Å². The highest BCUT2D eigenvalue weighted by Crippen LogP contribution is 1.81. The SMILES string of the molecule is C=CCOCCOCCOC(=O)O. The fourth-order valence-corrected chi connectivity index (χ4v) is 0.574. The van der Waals surface area contributed by atoms with Crippen LogP contribution in [0.5, 0.6) is 0 Å². The molecule has 0 aliphatic carbocycles. The molecule has 5 nitrogen and oxygen atoms in total. The summed E-state index contributed by atoms with van der Waals surface area (Å²) in [6.45, 7) is 5.18. The molecule has 0 heterocycles. The Morgan fingerprint density at radius 2 is 1.85 bits per heavy atom. The average Bonchev–Trinajstić information content (AvgIpc) is 2.09. The van der Waals surface area contributed by atoms with Crippen molar-refractivity contribution in [1.29, 1.82) is 0 Å². The van der Waals surface area contributed by atoms with Gasteiger partial charge in [0.15, 0.2) is 0 Å². The van der Waals surface area contributed by atoms with Crippen molar-refractivity contribution < 1.29 is 24.1 Å². The Balaban J connectivity index is 2.91. The summed E-state index contributed by atoms with van der Waals surface area (Å²) in [4.78, 5) is 9.86. The molecule has 5 heteroatoms. The molecule has 0 fully saturated rings. The minimum atomic E-state index is -1.29. The van der Waals surface area contributed by atoms with Gasteiger partial charge >= 0.3 is 6.16 Å². The maximum Gasteiger partial charge on any atom is 0.505 e. The van der Waals surface area contributed by atoms with Gasteiger partial charge in [-0.2, -0.15) is 0 Å². The van der Waals surface area contributed by atoms with Gasteiger partial charge in [0.25, 0.3) is 0 Å². The van der Waals surface area contributed by atoms with Gasteiger partial charge < -0.3 is 19.3 Å². The van der Waals surface area contributed by atoms with E-state index >= 15 is 0 Å². The Labute approximate surface area is 76.9 Å². The highest BCUT2D eigenvalue weighted by atomic mass is 16.7. The van der Waals surface area contributed by atoms with Gasteiger partial charge in [-0.25, -0.2) is 4.79 Å². The molecule has 1 N–H and O–H groups in total. The Morgan fingerprint density at radius 1 is 1.23 bits per heavy atom. The molecule has 0 saturated heterocycles. The molecular formula is C8H14O5. The zero-order chi connectivity index (χ0) is 9.94. The van der Waals surface area contributed by atoms with Gasteiger partial charge in [0.05, 0.1) is 26.4 Å². The molecule has 76 valence electrons. The number of hydrogen-bond donors (Lipinski definition) is 1. The van der Waals surface area contributed by atoms with Crippen molar-refractivity contribution in [2.24, 2.45) is 0 Å². The molecule has 0 aromatic rings. The average molecular weight is 190 g/mol. The molecule has 0 atom stereocenters. The summed E-state index contributed by atoms with van der Waals surface area (Å²) in [6.07, 6.45) is 0.361. The molecule has 0 amide bonds. The smallest absolute Gasteiger partial charge is 0.450 e. The topological polar surface area (TPSA) is 65.0 Å². The molecule has 13 heavy (non-hydrogen) atoms. The van der Waals surface area contributed by atoms with E-state index in [1.807, 2.05) is 0 Å². The Bertz CT molecular complexity index is 145. The minimum absolute atomic E-state index is 0.0524. The van der Waals surface area contributed by atoms with Gasteiger partial charge in [-0.3, -0.25) is 0 Å². The lowest BCUT2D eigenvalue weighted by molar-refractivity contribution is 0.0238. The predicted molar refractivity (Wildman–Crippen MR) is 45.8 cm³/mol. The third kappa shape index (κ3) is 10.9. The summed E-state index contributed by atoms with van der Waals surface area (Å²) in [5.41, 5.74) is 0. The van der Waals surface area contributed by atoms with Crippen LogP contribution in [0.1, 0.15) is 0 Å². The highest BCUT2D eigenvalue weighted by molar-refractivity contribution is 5.56. The quantitative estimate of drug-likeness (QED) is 0.350. The first-order chi connectivity index (χ1) is 6.27. The van der Waals surface area contributed by atoms with Crippen LogP contribution < -0.4 is 0 Å². The van der Waals surface area contributed by atoms with Crippen LogP contribution in [0.3, 0.4) is 0 Å². The first kappa shape index (κ1) is 11.9. The molecule has 0 aliphatic heterocycles. The first-order valence-electron chi connectivity index (χ1n) is 3.89. The second-order valence-electron chi connectivity index (χ2n) is 2.09. The van der Waals surface area contributed by atoms with Crippen LogP contribution in [-0.4, -0.2) is 44.3 Å². The minimum Gasteiger partial charge on any atom is -0.450 e. The van der Waals surface area contributed by atoms with E-state index in [9.17, 15) is 4.79 Å². The monoisotopic (exact) mass is 190 g/mol. The summed E-state index contributed by atoms with van der Waals surface area (Å²) in [5.74, 6) is 0. The van der Waals surface area contributed by atoms with E-state index in [-0.39, 0.29) is 13.2 Å². The van der Waals surface area contributed by atoms with Gasteiger partial charge in [-0.1, -0.05) is 6.08 Å². The van der Waals surface area contributed by atoms with Crippen LogP contribution in [0.15, 0.2) is 12.7 Å². The molecular weight excluding hydrogens is 176 g/mol. The van der Waals surface area contributed by atoms with Crippen molar-refractivity contribution in [2.75, 3.05) is 33.0 Å². The van der Waals surface area contributed by atoms with Gasteiger partial charge in [0.2, 0.25) is 0 Å². The Kier molecular flexibility index (Phi) is 8.28. The van der Waals surface area contributed by atoms with E-state index < -0.39 is 6.16 Å². The van der Waals surface area contributed by atoms with E-state index in [1.54, 1.807) is 6.08 Å². The number of rotatable bonds is 8. The van der Waals surface area contributed by atoms with Crippen LogP contribution in [0.2, 0.25) is 0 Å². The summed E-state index contributed by atoms with van der Waals surface area (Å²) < 4.78 is 14.2. The first-order valence-corrected chi connectivity index (χ1v) is 3.89. The molecule has 0 spiro atoms. The molecule has 0 saturated carbocycles. The van der Waals surface area contributed by atoms with Crippen LogP contribution >= 0.6 is 0 Å². The van der Waals surface area contributed by atoms with E-state index in [0.29, 0.717) is 19.8 Å². The maximum atomic E-state index is 9.86. The maximum absolute atomic E-state index is 9.86. The molecule has 0 aromatic carbocycles. The number of hydrogen-bond acceptors (Lipinski definition) is 4. The largest absolute Gasteiger partial charge is 0.505 e. The van der Waals surface area contributed by atoms with Gasteiger partial charge in [-0.15, -0.1) is 6.58 Å². The zero-order valence-corrected chi connectivity index (χ0v) is 7.40. The molecule has 0 aliphatic rings.